The molecule has 1 aromatic carbocycles. The molecule has 0 fully saturated rings. The fourth-order valence-electron chi connectivity index (χ4n) is 1.72. The van der Waals surface area contributed by atoms with Crippen LogP contribution in [0.15, 0.2) is 35.2 Å². The Morgan fingerprint density at radius 3 is 2.57 bits per heavy atom. The summed E-state index contributed by atoms with van der Waals surface area (Å²) >= 11 is 13.2. The Labute approximate surface area is 137 Å². The number of thiophene rings is 1. The Hall–Kier alpha value is -0.630. The van der Waals surface area contributed by atoms with Crippen molar-refractivity contribution in [2.75, 3.05) is 6.54 Å². The van der Waals surface area contributed by atoms with E-state index in [1.54, 1.807) is 12.1 Å². The number of rotatable bonds is 6. The minimum atomic E-state index is -3.71. The number of halogens is 2. The van der Waals surface area contributed by atoms with E-state index in [-0.39, 0.29) is 23.1 Å². The van der Waals surface area contributed by atoms with Gasteiger partial charge in [-0.05, 0) is 36.2 Å². The SMILES string of the molecule is O=S(=O)(NCCc1ccc(Cl)s1)c1cc(CO)ccc1Cl. The molecule has 0 unspecified atom stereocenters. The van der Waals surface area contributed by atoms with Crippen LogP contribution in [0.4, 0.5) is 0 Å². The zero-order valence-electron chi connectivity index (χ0n) is 10.8. The van der Waals surface area contributed by atoms with Crippen molar-refractivity contribution in [3.8, 4) is 0 Å². The van der Waals surface area contributed by atoms with Crippen LogP contribution in [-0.4, -0.2) is 20.1 Å². The monoisotopic (exact) mass is 365 g/mol. The van der Waals surface area contributed by atoms with Gasteiger partial charge in [0, 0.05) is 11.4 Å². The smallest absolute Gasteiger partial charge is 0.242 e. The lowest BCUT2D eigenvalue weighted by molar-refractivity contribution is 0.281. The van der Waals surface area contributed by atoms with Crippen LogP contribution in [0, 0.1) is 0 Å². The lowest BCUT2D eigenvalue weighted by atomic mass is 10.2. The first-order chi connectivity index (χ1) is 9.92. The van der Waals surface area contributed by atoms with E-state index < -0.39 is 10.0 Å². The van der Waals surface area contributed by atoms with Crippen molar-refractivity contribution >= 4 is 44.6 Å². The molecule has 8 heteroatoms. The summed E-state index contributed by atoms with van der Waals surface area (Å²) < 4.78 is 27.6. The summed E-state index contributed by atoms with van der Waals surface area (Å²) in [5.41, 5.74) is 0.491. The van der Waals surface area contributed by atoms with E-state index in [9.17, 15) is 8.42 Å². The van der Waals surface area contributed by atoms with E-state index in [0.717, 1.165) is 4.88 Å². The molecule has 21 heavy (non-hydrogen) atoms. The van der Waals surface area contributed by atoms with Crippen LogP contribution in [0.2, 0.25) is 9.36 Å². The van der Waals surface area contributed by atoms with Gasteiger partial charge in [0.15, 0.2) is 0 Å². The van der Waals surface area contributed by atoms with Crippen LogP contribution < -0.4 is 4.72 Å². The number of benzene rings is 1. The van der Waals surface area contributed by atoms with Crippen molar-refractivity contribution in [1.29, 1.82) is 0 Å². The first-order valence-electron chi connectivity index (χ1n) is 6.05. The van der Waals surface area contributed by atoms with Gasteiger partial charge in [0.2, 0.25) is 10.0 Å². The number of hydrogen-bond donors (Lipinski definition) is 2. The van der Waals surface area contributed by atoms with Crippen molar-refractivity contribution in [2.45, 2.75) is 17.9 Å². The summed E-state index contributed by atoms with van der Waals surface area (Å²) in [6.07, 6.45) is 0.550. The van der Waals surface area contributed by atoms with E-state index in [2.05, 4.69) is 4.72 Å². The summed E-state index contributed by atoms with van der Waals surface area (Å²) in [7, 11) is -3.71. The third-order valence-electron chi connectivity index (χ3n) is 2.76. The Bertz CT molecular complexity index is 729. The molecule has 0 aliphatic rings. The summed E-state index contributed by atoms with van der Waals surface area (Å²) in [6, 6.07) is 8.04. The van der Waals surface area contributed by atoms with Crippen molar-refractivity contribution in [1.82, 2.24) is 4.72 Å². The first kappa shape index (κ1) is 16.7. The molecule has 2 N–H and O–H groups in total. The summed E-state index contributed by atoms with van der Waals surface area (Å²) in [5.74, 6) is 0. The van der Waals surface area contributed by atoms with Gasteiger partial charge in [-0.3, -0.25) is 0 Å². The van der Waals surface area contributed by atoms with Crippen LogP contribution >= 0.6 is 34.5 Å². The molecule has 4 nitrogen and oxygen atoms in total. The predicted octanol–water partition coefficient (Wildman–Crippen LogP) is 3.07. The molecule has 0 aliphatic carbocycles. The second kappa shape index (κ2) is 7.09. The van der Waals surface area contributed by atoms with Crippen LogP contribution in [0.1, 0.15) is 10.4 Å². The third kappa shape index (κ3) is 4.42. The molecule has 2 rings (SSSR count). The topological polar surface area (TPSA) is 66.4 Å². The average Bonchev–Trinajstić information content (AvgIpc) is 2.84. The van der Waals surface area contributed by atoms with Crippen molar-refractivity contribution in [3.63, 3.8) is 0 Å². The molecule has 0 bridgehead atoms. The Balaban J connectivity index is 2.07. The molecular weight excluding hydrogens is 353 g/mol. The van der Waals surface area contributed by atoms with E-state index >= 15 is 0 Å². The maximum Gasteiger partial charge on any atom is 0.242 e. The van der Waals surface area contributed by atoms with E-state index in [1.807, 2.05) is 6.07 Å². The predicted molar refractivity (Wildman–Crippen MR) is 85.6 cm³/mol. The van der Waals surface area contributed by atoms with Gasteiger partial charge in [0.05, 0.1) is 16.0 Å². The first-order valence-corrected chi connectivity index (χ1v) is 9.11. The molecule has 0 radical (unpaired) electrons. The van der Waals surface area contributed by atoms with Gasteiger partial charge >= 0.3 is 0 Å². The molecule has 2 aromatic rings. The molecule has 1 aromatic heterocycles. The average molecular weight is 366 g/mol. The van der Waals surface area contributed by atoms with Crippen LogP contribution in [-0.2, 0) is 23.1 Å². The molecule has 114 valence electrons. The number of hydrogen-bond acceptors (Lipinski definition) is 4. The summed E-state index contributed by atoms with van der Waals surface area (Å²) in [6.45, 7) is 0.00619. The van der Waals surface area contributed by atoms with Crippen LogP contribution in [0.3, 0.4) is 0 Å². The van der Waals surface area contributed by atoms with Gasteiger partial charge in [0.25, 0.3) is 0 Å². The maximum absolute atomic E-state index is 12.2. The highest BCUT2D eigenvalue weighted by Gasteiger charge is 2.18. The summed E-state index contributed by atoms with van der Waals surface area (Å²) in [4.78, 5) is 0.970. The van der Waals surface area contributed by atoms with Crippen LogP contribution in [0.25, 0.3) is 0 Å². The maximum atomic E-state index is 12.2. The highest BCUT2D eigenvalue weighted by Crippen LogP contribution is 2.24. The highest BCUT2D eigenvalue weighted by atomic mass is 35.5. The Morgan fingerprint density at radius 1 is 1.19 bits per heavy atom. The van der Waals surface area contributed by atoms with Crippen molar-refractivity contribution < 1.29 is 13.5 Å². The second-order valence-electron chi connectivity index (χ2n) is 4.28. The van der Waals surface area contributed by atoms with Crippen molar-refractivity contribution in [3.05, 3.63) is 50.1 Å². The standard InChI is InChI=1S/C13H13Cl2NO3S2/c14-11-3-1-9(8-17)7-12(11)21(18,19)16-6-5-10-2-4-13(15)20-10/h1-4,7,16-17H,5-6,8H2. The largest absolute Gasteiger partial charge is 0.392 e. The van der Waals surface area contributed by atoms with E-state index in [0.29, 0.717) is 16.3 Å². The lowest BCUT2D eigenvalue weighted by Gasteiger charge is -2.09. The molecule has 0 atom stereocenters. The number of aliphatic hydroxyl groups is 1. The number of sulfonamides is 1. The normalized spacial score (nSPS) is 11.8. The quantitative estimate of drug-likeness (QED) is 0.826. The van der Waals surface area contributed by atoms with Gasteiger partial charge in [0.1, 0.15) is 4.90 Å². The highest BCUT2D eigenvalue weighted by molar-refractivity contribution is 7.89. The summed E-state index contributed by atoms with van der Waals surface area (Å²) in [5, 5.41) is 9.20. The van der Waals surface area contributed by atoms with E-state index in [1.165, 1.54) is 23.5 Å². The molecule has 0 saturated carbocycles. The second-order valence-corrected chi connectivity index (χ2v) is 8.22. The lowest BCUT2D eigenvalue weighted by Crippen LogP contribution is -2.26. The van der Waals surface area contributed by atoms with E-state index in [4.69, 9.17) is 28.3 Å². The van der Waals surface area contributed by atoms with Gasteiger partial charge in [-0.1, -0.05) is 29.3 Å². The Morgan fingerprint density at radius 2 is 1.95 bits per heavy atom. The molecule has 0 amide bonds. The van der Waals surface area contributed by atoms with Gasteiger partial charge < -0.3 is 5.11 Å². The molecule has 1 heterocycles. The van der Waals surface area contributed by atoms with Crippen LogP contribution in [0.5, 0.6) is 0 Å². The third-order valence-corrected chi connectivity index (χ3v) is 5.99. The minimum absolute atomic E-state index is 0.0278. The van der Waals surface area contributed by atoms with Gasteiger partial charge in [-0.15, -0.1) is 11.3 Å². The molecule has 0 aliphatic heterocycles. The molecule has 0 spiro atoms. The van der Waals surface area contributed by atoms with Crippen molar-refractivity contribution in [2.24, 2.45) is 0 Å². The zero-order valence-corrected chi connectivity index (χ0v) is 14.0. The molecular formula is C13H13Cl2NO3S2. The molecule has 0 saturated heterocycles. The fourth-order valence-corrected chi connectivity index (χ4v) is 4.39. The minimum Gasteiger partial charge on any atom is -0.392 e. The van der Waals surface area contributed by atoms with Gasteiger partial charge in [-0.25, -0.2) is 13.1 Å². The number of aliphatic hydroxyl groups excluding tert-OH is 1. The zero-order chi connectivity index (χ0) is 15.5. The van der Waals surface area contributed by atoms with Gasteiger partial charge in [-0.2, -0.15) is 0 Å². The number of nitrogens with one attached hydrogen (secondary N) is 1. The fraction of sp³-hybridized carbons (Fsp3) is 0.231. The Kier molecular flexibility index (Phi) is 5.65.